The lowest BCUT2D eigenvalue weighted by Crippen LogP contribution is -2.05. The van der Waals surface area contributed by atoms with E-state index in [1.165, 1.54) is 0 Å². The van der Waals surface area contributed by atoms with Gasteiger partial charge in [0, 0.05) is 24.2 Å². The van der Waals surface area contributed by atoms with Gasteiger partial charge in [0.2, 0.25) is 0 Å². The molecular formula is C11H9N3O. The maximum Gasteiger partial charge on any atom is 0.135 e. The van der Waals surface area contributed by atoms with Crippen LogP contribution in [0.25, 0.3) is 0 Å². The fourth-order valence-corrected chi connectivity index (χ4v) is 1.27. The third-order valence-corrected chi connectivity index (χ3v) is 1.96. The highest BCUT2D eigenvalue weighted by atomic mass is 16.4. The fraction of sp³-hybridized carbons (Fsp3) is 0. The Bertz CT molecular complexity index is 412. The van der Waals surface area contributed by atoms with Crippen LogP contribution in [-0.2, 0) is 0 Å². The summed E-state index contributed by atoms with van der Waals surface area (Å²) in [5, 5.41) is 12.2. The largest absolute Gasteiger partial charge is 0.410 e. The predicted octanol–water partition coefficient (Wildman–Crippen LogP) is 1.70. The van der Waals surface area contributed by atoms with Gasteiger partial charge >= 0.3 is 0 Å². The van der Waals surface area contributed by atoms with Crippen molar-refractivity contribution in [3.05, 3.63) is 60.2 Å². The van der Waals surface area contributed by atoms with E-state index < -0.39 is 0 Å². The van der Waals surface area contributed by atoms with Crippen LogP contribution in [0.2, 0.25) is 0 Å². The molecular weight excluding hydrogens is 190 g/mol. The van der Waals surface area contributed by atoms with Crippen LogP contribution in [0.15, 0.2) is 54.1 Å². The molecule has 0 spiro atoms. The second-order valence-corrected chi connectivity index (χ2v) is 2.90. The molecule has 0 saturated carbocycles. The molecule has 0 saturated heterocycles. The smallest absolute Gasteiger partial charge is 0.135 e. The van der Waals surface area contributed by atoms with E-state index in [-0.39, 0.29) is 0 Å². The summed E-state index contributed by atoms with van der Waals surface area (Å²) in [6, 6.07) is 8.97. The molecule has 0 aromatic carbocycles. The molecule has 2 rings (SSSR count). The summed E-state index contributed by atoms with van der Waals surface area (Å²) < 4.78 is 0. The standard InChI is InChI=1S/C11H9N3O/c15-14-11(9-4-7-12-8-5-9)10-3-1-2-6-13-10/h1-8,15H. The topological polar surface area (TPSA) is 58.4 Å². The van der Waals surface area contributed by atoms with Crippen LogP contribution >= 0.6 is 0 Å². The van der Waals surface area contributed by atoms with E-state index in [9.17, 15) is 0 Å². The molecule has 0 aliphatic heterocycles. The SMILES string of the molecule is ON=C(c1ccncc1)c1ccccn1. The Morgan fingerprint density at radius 1 is 1.07 bits per heavy atom. The first-order chi connectivity index (χ1) is 7.42. The van der Waals surface area contributed by atoms with Gasteiger partial charge in [0.15, 0.2) is 0 Å². The van der Waals surface area contributed by atoms with Gasteiger partial charge in [-0.1, -0.05) is 11.2 Å². The molecule has 4 nitrogen and oxygen atoms in total. The molecule has 74 valence electrons. The Balaban J connectivity index is 2.44. The van der Waals surface area contributed by atoms with Crippen molar-refractivity contribution in [1.29, 1.82) is 0 Å². The minimum atomic E-state index is 0.443. The van der Waals surface area contributed by atoms with Gasteiger partial charge in [-0.2, -0.15) is 0 Å². The first-order valence-electron chi connectivity index (χ1n) is 4.45. The Hall–Kier alpha value is -2.23. The Kier molecular flexibility index (Phi) is 2.69. The lowest BCUT2D eigenvalue weighted by Gasteiger charge is -2.02. The van der Waals surface area contributed by atoms with Gasteiger partial charge in [-0.05, 0) is 24.3 Å². The molecule has 2 aromatic heterocycles. The normalized spacial score (nSPS) is 11.3. The highest BCUT2D eigenvalue weighted by Gasteiger charge is 2.07. The minimum absolute atomic E-state index is 0.443. The van der Waals surface area contributed by atoms with E-state index in [0.717, 1.165) is 5.56 Å². The van der Waals surface area contributed by atoms with Gasteiger partial charge in [-0.25, -0.2) is 0 Å². The van der Waals surface area contributed by atoms with Crippen LogP contribution in [-0.4, -0.2) is 20.9 Å². The summed E-state index contributed by atoms with van der Waals surface area (Å²) in [6.45, 7) is 0. The molecule has 0 atom stereocenters. The second kappa shape index (κ2) is 4.32. The Morgan fingerprint density at radius 3 is 2.47 bits per heavy atom. The maximum atomic E-state index is 8.96. The van der Waals surface area contributed by atoms with Crippen molar-refractivity contribution in [1.82, 2.24) is 9.97 Å². The number of rotatable bonds is 2. The molecule has 15 heavy (non-hydrogen) atoms. The summed E-state index contributed by atoms with van der Waals surface area (Å²) in [6.07, 6.45) is 4.94. The molecule has 0 aliphatic carbocycles. The van der Waals surface area contributed by atoms with Crippen molar-refractivity contribution in [2.24, 2.45) is 5.16 Å². The van der Waals surface area contributed by atoms with Crippen molar-refractivity contribution in [2.75, 3.05) is 0 Å². The van der Waals surface area contributed by atoms with Gasteiger partial charge in [-0.3, -0.25) is 9.97 Å². The molecule has 0 amide bonds. The van der Waals surface area contributed by atoms with Gasteiger partial charge in [-0.15, -0.1) is 0 Å². The molecule has 2 heterocycles. The zero-order valence-corrected chi connectivity index (χ0v) is 7.91. The lowest BCUT2D eigenvalue weighted by molar-refractivity contribution is 0.319. The first kappa shape index (κ1) is 9.33. The number of hydrogen-bond acceptors (Lipinski definition) is 4. The Morgan fingerprint density at radius 2 is 1.87 bits per heavy atom. The third kappa shape index (κ3) is 1.99. The number of oxime groups is 1. The number of pyridine rings is 2. The van der Waals surface area contributed by atoms with E-state index in [0.29, 0.717) is 11.4 Å². The molecule has 2 aromatic rings. The number of aromatic nitrogens is 2. The molecule has 0 fully saturated rings. The molecule has 1 N–H and O–H groups in total. The first-order valence-corrected chi connectivity index (χ1v) is 4.45. The van der Waals surface area contributed by atoms with E-state index >= 15 is 0 Å². The van der Waals surface area contributed by atoms with Crippen LogP contribution in [0.5, 0.6) is 0 Å². The van der Waals surface area contributed by atoms with Crippen molar-refractivity contribution in [3.8, 4) is 0 Å². The number of nitrogens with zero attached hydrogens (tertiary/aromatic N) is 3. The van der Waals surface area contributed by atoms with Crippen LogP contribution in [0, 0.1) is 0 Å². The van der Waals surface area contributed by atoms with Gasteiger partial charge in [0.05, 0.1) is 5.69 Å². The quantitative estimate of drug-likeness (QED) is 0.455. The summed E-state index contributed by atoms with van der Waals surface area (Å²) in [4.78, 5) is 8.01. The van der Waals surface area contributed by atoms with Crippen LogP contribution in [0.4, 0.5) is 0 Å². The van der Waals surface area contributed by atoms with E-state index in [1.807, 2.05) is 12.1 Å². The summed E-state index contributed by atoms with van der Waals surface area (Å²) in [5.41, 5.74) is 1.86. The average Bonchev–Trinajstić information content (AvgIpc) is 2.33. The zero-order chi connectivity index (χ0) is 10.5. The minimum Gasteiger partial charge on any atom is -0.410 e. The summed E-state index contributed by atoms with van der Waals surface area (Å²) in [5.74, 6) is 0. The molecule has 0 bridgehead atoms. The third-order valence-electron chi connectivity index (χ3n) is 1.96. The second-order valence-electron chi connectivity index (χ2n) is 2.90. The van der Waals surface area contributed by atoms with Crippen molar-refractivity contribution < 1.29 is 5.21 Å². The molecule has 4 heteroatoms. The monoisotopic (exact) mass is 199 g/mol. The summed E-state index contributed by atoms with van der Waals surface area (Å²) >= 11 is 0. The van der Waals surface area contributed by atoms with Gasteiger partial charge < -0.3 is 5.21 Å². The van der Waals surface area contributed by atoms with Crippen LogP contribution in [0.1, 0.15) is 11.3 Å². The van der Waals surface area contributed by atoms with Crippen molar-refractivity contribution >= 4 is 5.71 Å². The van der Waals surface area contributed by atoms with Gasteiger partial charge in [0.1, 0.15) is 5.71 Å². The van der Waals surface area contributed by atoms with E-state index in [4.69, 9.17) is 5.21 Å². The van der Waals surface area contributed by atoms with E-state index in [2.05, 4.69) is 15.1 Å². The molecule has 0 radical (unpaired) electrons. The highest BCUT2D eigenvalue weighted by molar-refractivity contribution is 6.11. The van der Waals surface area contributed by atoms with Crippen LogP contribution < -0.4 is 0 Å². The predicted molar refractivity (Wildman–Crippen MR) is 55.9 cm³/mol. The highest BCUT2D eigenvalue weighted by Crippen LogP contribution is 2.06. The maximum absolute atomic E-state index is 8.96. The molecule has 0 aliphatic rings. The van der Waals surface area contributed by atoms with E-state index in [1.54, 1.807) is 36.8 Å². The lowest BCUT2D eigenvalue weighted by atomic mass is 10.1. The Labute approximate surface area is 86.9 Å². The van der Waals surface area contributed by atoms with Crippen molar-refractivity contribution in [2.45, 2.75) is 0 Å². The fourth-order valence-electron chi connectivity index (χ4n) is 1.27. The zero-order valence-electron chi connectivity index (χ0n) is 7.91. The van der Waals surface area contributed by atoms with Crippen LogP contribution in [0.3, 0.4) is 0 Å². The molecule has 0 unspecified atom stereocenters. The number of hydrogen-bond donors (Lipinski definition) is 1. The van der Waals surface area contributed by atoms with Crippen molar-refractivity contribution in [3.63, 3.8) is 0 Å². The van der Waals surface area contributed by atoms with Gasteiger partial charge in [0.25, 0.3) is 0 Å². The summed E-state index contributed by atoms with van der Waals surface area (Å²) in [7, 11) is 0. The average molecular weight is 199 g/mol.